The molecule has 0 amide bonds. The van der Waals surface area contributed by atoms with Gasteiger partial charge in [-0.25, -0.2) is 0 Å². The van der Waals surface area contributed by atoms with Crippen LogP contribution >= 0.6 is 0 Å². The second-order valence-electron chi connectivity index (χ2n) is 4.58. The summed E-state index contributed by atoms with van der Waals surface area (Å²) in [5.41, 5.74) is 7.05. The Morgan fingerprint density at radius 2 is 2.11 bits per heavy atom. The summed E-state index contributed by atoms with van der Waals surface area (Å²) in [6, 6.07) is 5.25. The third-order valence-corrected chi connectivity index (χ3v) is 2.58. The molecule has 0 spiro atoms. The van der Waals surface area contributed by atoms with E-state index in [0.717, 1.165) is 13.0 Å². The number of Topliss-reactive ketones (excluding diaryl/α,β-unsaturated/α-hetero) is 1. The lowest BCUT2D eigenvalue weighted by molar-refractivity contribution is 0.0972. The van der Waals surface area contributed by atoms with E-state index in [4.69, 9.17) is 10.5 Å². The van der Waals surface area contributed by atoms with Crippen LogP contribution in [0.1, 0.15) is 30.1 Å². The molecule has 0 atom stereocenters. The van der Waals surface area contributed by atoms with Gasteiger partial charge in [0.15, 0.2) is 5.78 Å². The molecule has 0 aromatic heterocycles. The Labute approximate surface area is 109 Å². The van der Waals surface area contributed by atoms with Gasteiger partial charge in [0.05, 0.1) is 12.3 Å². The number of nitrogens with two attached hydrogens (primary N) is 1. The van der Waals surface area contributed by atoms with Crippen molar-refractivity contribution < 1.29 is 9.53 Å². The first-order valence-corrected chi connectivity index (χ1v) is 6.24. The minimum Gasteiger partial charge on any atom is -0.491 e. The van der Waals surface area contributed by atoms with Crippen LogP contribution in [0.5, 0.6) is 5.75 Å². The van der Waals surface area contributed by atoms with Gasteiger partial charge in [-0.3, -0.25) is 4.79 Å². The summed E-state index contributed by atoms with van der Waals surface area (Å²) in [6.07, 6.45) is 1.44. The standard InChI is InChI=1S/C14H22N2O2/c1-4-9-18-14-6-5-11(10-12(14)15)13(17)7-8-16(2)3/h5-6,10H,4,7-9,15H2,1-3H3. The van der Waals surface area contributed by atoms with Crippen LogP contribution in [-0.2, 0) is 0 Å². The third kappa shape index (κ3) is 4.37. The van der Waals surface area contributed by atoms with Crippen LogP contribution in [0.2, 0.25) is 0 Å². The van der Waals surface area contributed by atoms with Gasteiger partial charge < -0.3 is 15.4 Å². The fourth-order valence-corrected chi connectivity index (χ4v) is 1.53. The summed E-state index contributed by atoms with van der Waals surface area (Å²) in [7, 11) is 3.90. The largest absolute Gasteiger partial charge is 0.491 e. The first-order chi connectivity index (χ1) is 8.54. The Hall–Kier alpha value is -1.55. The maximum Gasteiger partial charge on any atom is 0.164 e. The van der Waals surface area contributed by atoms with Crippen LogP contribution in [0, 0.1) is 0 Å². The number of ether oxygens (including phenoxy) is 1. The van der Waals surface area contributed by atoms with E-state index in [1.165, 1.54) is 0 Å². The Morgan fingerprint density at radius 3 is 2.67 bits per heavy atom. The number of rotatable bonds is 7. The molecule has 0 aliphatic heterocycles. The van der Waals surface area contributed by atoms with E-state index >= 15 is 0 Å². The van der Waals surface area contributed by atoms with E-state index < -0.39 is 0 Å². The van der Waals surface area contributed by atoms with Crippen molar-refractivity contribution >= 4 is 11.5 Å². The molecular weight excluding hydrogens is 228 g/mol. The van der Waals surface area contributed by atoms with E-state index in [2.05, 4.69) is 0 Å². The Kier molecular flexibility index (Phi) is 5.65. The Bertz CT molecular complexity index is 403. The quantitative estimate of drug-likeness (QED) is 0.595. The minimum atomic E-state index is 0.109. The highest BCUT2D eigenvalue weighted by atomic mass is 16.5. The highest BCUT2D eigenvalue weighted by molar-refractivity contribution is 5.97. The topological polar surface area (TPSA) is 55.6 Å². The van der Waals surface area contributed by atoms with Crippen molar-refractivity contribution in [1.29, 1.82) is 0 Å². The first-order valence-electron chi connectivity index (χ1n) is 6.24. The summed E-state index contributed by atoms with van der Waals surface area (Å²) in [6.45, 7) is 3.42. The molecule has 0 fully saturated rings. The van der Waals surface area contributed by atoms with Crippen molar-refractivity contribution in [2.45, 2.75) is 19.8 Å². The molecule has 1 rings (SSSR count). The van der Waals surface area contributed by atoms with Gasteiger partial charge in [-0.05, 0) is 38.7 Å². The smallest absolute Gasteiger partial charge is 0.164 e. The lowest BCUT2D eigenvalue weighted by Crippen LogP contribution is -2.16. The van der Waals surface area contributed by atoms with Gasteiger partial charge in [-0.2, -0.15) is 0 Å². The maximum absolute atomic E-state index is 11.9. The van der Waals surface area contributed by atoms with Gasteiger partial charge in [0, 0.05) is 18.5 Å². The molecule has 0 aliphatic rings. The van der Waals surface area contributed by atoms with E-state index in [9.17, 15) is 4.79 Å². The van der Waals surface area contributed by atoms with Crippen LogP contribution in [0.4, 0.5) is 5.69 Å². The molecule has 4 nitrogen and oxygen atoms in total. The van der Waals surface area contributed by atoms with Crippen molar-refractivity contribution in [2.24, 2.45) is 0 Å². The summed E-state index contributed by atoms with van der Waals surface area (Å²) >= 11 is 0. The van der Waals surface area contributed by atoms with Crippen LogP contribution in [0.15, 0.2) is 18.2 Å². The monoisotopic (exact) mass is 250 g/mol. The predicted octanol–water partition coefficient (Wildman–Crippen LogP) is 2.19. The van der Waals surface area contributed by atoms with E-state index in [-0.39, 0.29) is 5.78 Å². The zero-order valence-electron chi connectivity index (χ0n) is 11.4. The molecule has 0 unspecified atom stereocenters. The molecule has 1 aromatic rings. The second kappa shape index (κ2) is 7.01. The average molecular weight is 250 g/mol. The highest BCUT2D eigenvalue weighted by Crippen LogP contribution is 2.23. The van der Waals surface area contributed by atoms with Crippen molar-refractivity contribution in [3.63, 3.8) is 0 Å². The third-order valence-electron chi connectivity index (χ3n) is 2.58. The molecule has 1 aromatic carbocycles. The number of hydrogen-bond acceptors (Lipinski definition) is 4. The van der Waals surface area contributed by atoms with Gasteiger partial charge in [-0.1, -0.05) is 6.92 Å². The van der Waals surface area contributed by atoms with Crippen LogP contribution in [0.3, 0.4) is 0 Å². The van der Waals surface area contributed by atoms with Gasteiger partial charge in [-0.15, -0.1) is 0 Å². The number of nitrogen functional groups attached to an aromatic ring is 1. The summed E-state index contributed by atoms with van der Waals surface area (Å²) < 4.78 is 5.47. The molecule has 0 heterocycles. The summed E-state index contributed by atoms with van der Waals surface area (Å²) in [5.74, 6) is 0.762. The van der Waals surface area contributed by atoms with Crippen LogP contribution < -0.4 is 10.5 Å². The zero-order chi connectivity index (χ0) is 13.5. The number of anilines is 1. The number of nitrogens with zero attached hydrogens (tertiary/aromatic N) is 1. The van der Waals surface area contributed by atoms with Gasteiger partial charge in [0.2, 0.25) is 0 Å². The van der Waals surface area contributed by atoms with Gasteiger partial charge in [0.25, 0.3) is 0 Å². The highest BCUT2D eigenvalue weighted by Gasteiger charge is 2.09. The normalized spacial score (nSPS) is 10.7. The zero-order valence-corrected chi connectivity index (χ0v) is 11.4. The van der Waals surface area contributed by atoms with Crippen molar-refractivity contribution in [1.82, 2.24) is 4.90 Å². The van der Waals surface area contributed by atoms with Gasteiger partial charge in [0.1, 0.15) is 5.75 Å². The fraction of sp³-hybridized carbons (Fsp3) is 0.500. The number of carbonyl (C=O) groups excluding carboxylic acids is 1. The first kappa shape index (κ1) is 14.5. The van der Waals surface area contributed by atoms with Crippen LogP contribution in [0.25, 0.3) is 0 Å². The molecule has 0 bridgehead atoms. The Balaban J connectivity index is 2.68. The van der Waals surface area contributed by atoms with E-state index in [1.807, 2.05) is 25.9 Å². The second-order valence-corrected chi connectivity index (χ2v) is 4.58. The lowest BCUT2D eigenvalue weighted by atomic mass is 10.1. The number of carbonyl (C=O) groups is 1. The number of ketones is 1. The van der Waals surface area contributed by atoms with Crippen molar-refractivity contribution in [2.75, 3.05) is 33.0 Å². The number of hydrogen-bond donors (Lipinski definition) is 1. The molecule has 0 radical (unpaired) electrons. The fourth-order valence-electron chi connectivity index (χ4n) is 1.53. The SMILES string of the molecule is CCCOc1ccc(C(=O)CCN(C)C)cc1N. The average Bonchev–Trinajstić information content (AvgIpc) is 2.34. The van der Waals surface area contributed by atoms with E-state index in [0.29, 0.717) is 30.0 Å². The van der Waals surface area contributed by atoms with Crippen LogP contribution in [-0.4, -0.2) is 37.9 Å². The summed E-state index contributed by atoms with van der Waals surface area (Å²) in [5, 5.41) is 0. The minimum absolute atomic E-state index is 0.109. The lowest BCUT2D eigenvalue weighted by Gasteiger charge is -2.11. The molecule has 0 aliphatic carbocycles. The molecule has 4 heteroatoms. The maximum atomic E-state index is 11.9. The summed E-state index contributed by atoms with van der Waals surface area (Å²) in [4.78, 5) is 13.9. The molecule has 0 saturated heterocycles. The molecular formula is C14H22N2O2. The molecule has 0 saturated carbocycles. The molecule has 18 heavy (non-hydrogen) atoms. The number of benzene rings is 1. The van der Waals surface area contributed by atoms with Gasteiger partial charge >= 0.3 is 0 Å². The molecule has 100 valence electrons. The molecule has 2 N–H and O–H groups in total. The van der Waals surface area contributed by atoms with Crippen molar-refractivity contribution in [3.8, 4) is 5.75 Å². The Morgan fingerprint density at radius 1 is 1.39 bits per heavy atom. The van der Waals surface area contributed by atoms with E-state index in [1.54, 1.807) is 18.2 Å². The predicted molar refractivity (Wildman–Crippen MR) is 74.1 cm³/mol. The van der Waals surface area contributed by atoms with Crippen molar-refractivity contribution in [3.05, 3.63) is 23.8 Å².